The Kier molecular flexibility index (Phi) is 22.2. The van der Waals surface area contributed by atoms with Gasteiger partial charge in [0, 0.05) is 17.4 Å². The number of hydrogen-bond acceptors (Lipinski definition) is 6. The number of allylic oxidation sites excluding steroid dienone is 6. The Morgan fingerprint density at radius 1 is 0.545 bits per heavy atom. The molecule has 0 spiro atoms. The molecule has 0 atom stereocenters. The molecule has 0 aromatic heterocycles. The first-order valence-corrected chi connectivity index (χ1v) is 5.96. The van der Waals surface area contributed by atoms with Crippen LogP contribution in [0.1, 0.15) is 41.5 Å². The summed E-state index contributed by atoms with van der Waals surface area (Å²) in [7, 11) is 0. The van der Waals surface area contributed by atoms with Gasteiger partial charge in [-0.15, -0.1) is 17.3 Å². The van der Waals surface area contributed by atoms with Gasteiger partial charge in [0.1, 0.15) is 0 Å². The van der Waals surface area contributed by atoms with Crippen LogP contribution in [0.4, 0.5) is 0 Å². The summed E-state index contributed by atoms with van der Waals surface area (Å²) in [5.74, 6) is -1.12. The molecule has 0 aliphatic rings. The van der Waals surface area contributed by atoms with Gasteiger partial charge in [0.15, 0.2) is 17.3 Å². The van der Waals surface area contributed by atoms with Crippen molar-refractivity contribution in [2.75, 3.05) is 0 Å². The second kappa shape index (κ2) is 17.2. The van der Waals surface area contributed by atoms with E-state index in [2.05, 4.69) is 0 Å². The largest absolute Gasteiger partial charge is 0.876 e. The van der Waals surface area contributed by atoms with Gasteiger partial charge in [-0.05, 0) is 39.0 Å². The van der Waals surface area contributed by atoms with Crippen LogP contribution < -0.4 is 15.3 Å². The third-order valence-electron chi connectivity index (χ3n) is 1.22. The Hall–Kier alpha value is -1.84. The molecule has 0 aliphatic heterocycles. The van der Waals surface area contributed by atoms with E-state index in [4.69, 9.17) is 0 Å². The van der Waals surface area contributed by atoms with Crippen LogP contribution in [0.2, 0.25) is 0 Å². The topological polar surface area (TPSA) is 120 Å². The van der Waals surface area contributed by atoms with Crippen molar-refractivity contribution in [3.05, 3.63) is 35.5 Å². The summed E-state index contributed by atoms with van der Waals surface area (Å²) in [5, 5.41) is 29.9. The number of rotatable bonds is 3. The van der Waals surface area contributed by atoms with Gasteiger partial charge < -0.3 is 15.3 Å². The van der Waals surface area contributed by atoms with Crippen LogP contribution >= 0.6 is 0 Å². The Labute approximate surface area is 142 Å². The summed E-state index contributed by atoms with van der Waals surface area (Å²) < 4.78 is 0. The summed E-state index contributed by atoms with van der Waals surface area (Å²) in [6, 6.07) is 0. The quantitative estimate of drug-likeness (QED) is 0.501. The van der Waals surface area contributed by atoms with E-state index in [1.807, 2.05) is 0 Å². The Morgan fingerprint density at radius 3 is 0.682 bits per heavy atom. The van der Waals surface area contributed by atoms with Gasteiger partial charge in [-0.3, -0.25) is 14.4 Å². The molecule has 0 unspecified atom stereocenters. The SMILES string of the molecule is CC(=O)/C=C(\C)[O-].CC(=O)/C=C(\C)[O-].CC(=O)/C=C(\C)[O-].[Cr]. The second-order valence-electron chi connectivity index (χ2n) is 4.10. The average Bonchev–Trinajstić information content (AvgIpc) is 2.10. The predicted molar refractivity (Wildman–Crippen MR) is 73.3 cm³/mol. The van der Waals surface area contributed by atoms with Crippen molar-refractivity contribution in [2.24, 2.45) is 0 Å². The number of hydrogen-bond donors (Lipinski definition) is 0. The molecule has 0 saturated carbocycles. The van der Waals surface area contributed by atoms with E-state index < -0.39 is 0 Å². The van der Waals surface area contributed by atoms with Gasteiger partial charge in [-0.1, -0.05) is 20.8 Å². The normalized spacial score (nSPS) is 10.9. The van der Waals surface area contributed by atoms with Crippen LogP contribution in [0.3, 0.4) is 0 Å². The van der Waals surface area contributed by atoms with Crippen molar-refractivity contribution >= 4 is 17.3 Å². The first kappa shape index (κ1) is 28.3. The van der Waals surface area contributed by atoms with E-state index >= 15 is 0 Å². The van der Waals surface area contributed by atoms with Crippen molar-refractivity contribution < 1.29 is 47.1 Å². The van der Waals surface area contributed by atoms with E-state index in [1.54, 1.807) is 0 Å². The van der Waals surface area contributed by atoms with Crippen LogP contribution in [-0.2, 0) is 31.7 Å². The van der Waals surface area contributed by atoms with Crippen LogP contribution in [-0.4, -0.2) is 17.3 Å². The molecule has 0 saturated heterocycles. The summed E-state index contributed by atoms with van der Waals surface area (Å²) in [6.07, 6.45) is 3.17. The fraction of sp³-hybridized carbons (Fsp3) is 0.400. The molecule has 22 heavy (non-hydrogen) atoms. The Bertz CT molecular complexity index is 368. The molecule has 0 aliphatic carbocycles. The fourth-order valence-corrected chi connectivity index (χ4v) is 0.859. The first-order valence-electron chi connectivity index (χ1n) is 5.96. The van der Waals surface area contributed by atoms with Gasteiger partial charge in [0.2, 0.25) is 0 Å². The molecule has 0 rings (SSSR count). The molecule has 126 valence electrons. The smallest absolute Gasteiger partial charge is 0.151 e. The molecule has 0 bridgehead atoms. The van der Waals surface area contributed by atoms with Crippen molar-refractivity contribution in [2.45, 2.75) is 41.5 Å². The summed E-state index contributed by atoms with van der Waals surface area (Å²) in [5.41, 5.74) is 0. The van der Waals surface area contributed by atoms with Crippen LogP contribution in [0.15, 0.2) is 35.5 Å². The zero-order chi connectivity index (χ0) is 17.6. The molecule has 0 N–H and O–H groups in total. The van der Waals surface area contributed by atoms with E-state index in [-0.39, 0.29) is 52.0 Å². The van der Waals surface area contributed by atoms with E-state index in [0.29, 0.717) is 0 Å². The molecule has 0 fully saturated rings. The standard InChI is InChI=1S/3C5H8O2.Cr/c3*1-4(6)3-5(2)7;/h3*3,6H,1-2H3;/p-3/b3*4-3+;. The Balaban J connectivity index is -0.000000108. The summed E-state index contributed by atoms with van der Waals surface area (Å²) in [4.78, 5) is 29.9. The third-order valence-corrected chi connectivity index (χ3v) is 1.22. The Morgan fingerprint density at radius 2 is 0.682 bits per heavy atom. The number of ketones is 3. The minimum absolute atomic E-state index is 0. The minimum Gasteiger partial charge on any atom is -0.876 e. The number of carbonyl (C=O) groups excluding carboxylic acids is 3. The molecule has 7 heteroatoms. The van der Waals surface area contributed by atoms with Crippen LogP contribution in [0.25, 0.3) is 0 Å². The maximum Gasteiger partial charge on any atom is 0.151 e. The van der Waals surface area contributed by atoms with Crippen molar-refractivity contribution in [3.63, 3.8) is 0 Å². The molecule has 0 radical (unpaired) electrons. The zero-order valence-corrected chi connectivity index (χ0v) is 14.9. The fourth-order valence-electron chi connectivity index (χ4n) is 0.859. The van der Waals surface area contributed by atoms with Crippen LogP contribution in [0.5, 0.6) is 0 Å². The second-order valence-corrected chi connectivity index (χ2v) is 4.10. The van der Waals surface area contributed by atoms with Crippen molar-refractivity contribution in [1.82, 2.24) is 0 Å². The average molecular weight is 349 g/mol. The molecular formula is C15H21CrO6-3. The van der Waals surface area contributed by atoms with E-state index in [0.717, 1.165) is 18.2 Å². The molecule has 0 amide bonds. The van der Waals surface area contributed by atoms with Gasteiger partial charge in [0.05, 0.1) is 0 Å². The van der Waals surface area contributed by atoms with Crippen molar-refractivity contribution in [1.29, 1.82) is 0 Å². The first-order chi connectivity index (χ1) is 9.38. The van der Waals surface area contributed by atoms with Gasteiger partial charge in [-0.25, -0.2) is 0 Å². The monoisotopic (exact) mass is 349 g/mol. The van der Waals surface area contributed by atoms with Gasteiger partial charge in [-0.2, -0.15) is 0 Å². The zero-order valence-electron chi connectivity index (χ0n) is 13.6. The number of carbonyl (C=O) groups is 3. The molecule has 0 aromatic carbocycles. The molecular weight excluding hydrogens is 328 g/mol. The van der Waals surface area contributed by atoms with Gasteiger partial charge in [0.25, 0.3) is 0 Å². The molecule has 0 aromatic rings. The van der Waals surface area contributed by atoms with E-state index in [9.17, 15) is 29.7 Å². The van der Waals surface area contributed by atoms with Crippen molar-refractivity contribution in [3.8, 4) is 0 Å². The summed E-state index contributed by atoms with van der Waals surface area (Å²) >= 11 is 0. The van der Waals surface area contributed by atoms with Gasteiger partial charge >= 0.3 is 0 Å². The maximum atomic E-state index is 9.98. The molecule has 6 nitrogen and oxygen atoms in total. The third kappa shape index (κ3) is 51.8. The van der Waals surface area contributed by atoms with E-state index in [1.165, 1.54) is 41.5 Å². The summed E-state index contributed by atoms with van der Waals surface area (Å²) in [6.45, 7) is 8.09. The molecule has 0 heterocycles. The minimum atomic E-state index is -0.187. The maximum absolute atomic E-state index is 9.98. The van der Waals surface area contributed by atoms with Crippen LogP contribution in [0, 0.1) is 0 Å². The predicted octanol–water partition coefficient (Wildman–Crippen LogP) is -0.484.